The summed E-state index contributed by atoms with van der Waals surface area (Å²) >= 11 is 1.84. The molecular weight excluding hydrogens is 943 g/mol. The molecule has 7 aromatic carbocycles. The number of aromatic nitrogens is 4. The topological polar surface area (TPSA) is 35.1 Å². The number of fused-ring (bicyclic) bond motifs is 12. The summed E-state index contributed by atoms with van der Waals surface area (Å²) in [6.07, 6.45) is 4.07. The van der Waals surface area contributed by atoms with Crippen molar-refractivity contribution in [3.05, 3.63) is 206 Å². The summed E-state index contributed by atoms with van der Waals surface area (Å²) in [5, 5.41) is 10.4. The molecule has 12 rings (SSSR count). The summed E-state index contributed by atoms with van der Waals surface area (Å²) in [5.41, 5.74) is 4.49. The van der Waals surface area contributed by atoms with Gasteiger partial charge >= 0.3 is 21.1 Å². The fourth-order valence-electron chi connectivity index (χ4n) is 9.39. The predicted molar refractivity (Wildman–Crippen MR) is 237 cm³/mol. The van der Waals surface area contributed by atoms with Gasteiger partial charge in [0.25, 0.3) is 0 Å². The molecule has 0 aliphatic carbocycles. The Hall–Kier alpha value is -6.11. The SMILES string of the molecule is FC(c1[c-]c2c(cc1)c1ccccc1n1ccnc21)c1[c-]c2c(cc1)c1c3c(ccc1n2-c1ccccn1)[Si](c1ccccc1)(c1ccccc1)c1ccccc1S3.[Pt+2]. The van der Waals surface area contributed by atoms with E-state index in [0.29, 0.717) is 11.1 Å². The molecule has 1 unspecified atom stereocenters. The molecule has 8 heteroatoms. The van der Waals surface area contributed by atoms with E-state index in [4.69, 9.17) is 4.98 Å². The third kappa shape index (κ3) is 5.25. The number of hydrogen-bond acceptors (Lipinski definition) is 3. The van der Waals surface area contributed by atoms with Crippen molar-refractivity contribution in [1.29, 1.82) is 0 Å². The van der Waals surface area contributed by atoms with E-state index in [2.05, 4.69) is 141 Å². The van der Waals surface area contributed by atoms with Crippen molar-refractivity contribution in [3.63, 3.8) is 0 Å². The number of pyridine rings is 2. The molecule has 4 aromatic heterocycles. The molecule has 0 bridgehead atoms. The van der Waals surface area contributed by atoms with E-state index >= 15 is 4.39 Å². The third-order valence-electron chi connectivity index (χ3n) is 11.8. The van der Waals surface area contributed by atoms with E-state index < -0.39 is 14.2 Å². The van der Waals surface area contributed by atoms with Gasteiger partial charge in [0, 0.05) is 39.4 Å². The molecule has 0 saturated heterocycles. The van der Waals surface area contributed by atoms with Crippen LogP contribution in [0.4, 0.5) is 4.39 Å². The number of nitrogens with zero attached hydrogens (tertiary/aromatic N) is 4. The number of hydrogen-bond donors (Lipinski definition) is 0. The van der Waals surface area contributed by atoms with Gasteiger partial charge in [0.15, 0.2) is 8.07 Å². The second-order valence-corrected chi connectivity index (χ2v) is 19.6. The molecule has 5 heterocycles. The standard InChI is InChI=1S/C51H31FN4SSi.Pt/c52-49(33-22-24-37-38-17-7-8-18-41(38)55-30-29-54-51(55)40(37)31-33)34-23-25-39-43(32-34)56(47-21-11-12-28-53-47)42-26-27-46-50(48(39)42)57-44-19-9-10-20-45(44)58(46,35-13-3-1-4-14-35)36-15-5-2-6-16-36;/h1-30,49H;/q-2;+2. The van der Waals surface area contributed by atoms with Crippen LogP contribution >= 0.6 is 11.8 Å². The number of imidazole rings is 1. The van der Waals surface area contributed by atoms with E-state index in [1.165, 1.54) is 30.5 Å². The Balaban J connectivity index is 0.00000397. The van der Waals surface area contributed by atoms with Crippen LogP contribution in [0.2, 0.25) is 0 Å². The maximum atomic E-state index is 17.2. The van der Waals surface area contributed by atoms with Crippen LogP contribution < -0.4 is 20.7 Å². The first-order chi connectivity index (χ1) is 28.7. The largest absolute Gasteiger partial charge is 2.00 e. The van der Waals surface area contributed by atoms with Gasteiger partial charge in [-0.1, -0.05) is 143 Å². The van der Waals surface area contributed by atoms with Gasteiger partial charge in [0.1, 0.15) is 12.0 Å². The molecule has 1 aliphatic rings. The van der Waals surface area contributed by atoms with Crippen molar-refractivity contribution in [2.24, 2.45) is 0 Å². The van der Waals surface area contributed by atoms with Crippen molar-refractivity contribution in [2.45, 2.75) is 16.0 Å². The average molecular weight is 974 g/mol. The molecule has 11 aromatic rings. The van der Waals surface area contributed by atoms with Crippen molar-refractivity contribution >= 4 is 89.7 Å². The zero-order valence-electron chi connectivity index (χ0n) is 31.3. The minimum atomic E-state index is -2.81. The molecule has 1 atom stereocenters. The van der Waals surface area contributed by atoms with Gasteiger partial charge in [0.2, 0.25) is 0 Å². The van der Waals surface area contributed by atoms with Crippen molar-refractivity contribution < 1.29 is 25.5 Å². The van der Waals surface area contributed by atoms with Gasteiger partial charge in [0.05, 0.1) is 5.65 Å². The smallest absolute Gasteiger partial charge is 0.340 e. The summed E-state index contributed by atoms with van der Waals surface area (Å²) in [6.45, 7) is 0. The fourth-order valence-corrected chi connectivity index (χ4v) is 16.5. The number of alkyl halides is 1. The van der Waals surface area contributed by atoms with Gasteiger partial charge < -0.3 is 8.97 Å². The predicted octanol–water partition coefficient (Wildman–Crippen LogP) is 9.63. The second kappa shape index (κ2) is 14.0. The Morgan fingerprint density at radius 1 is 0.576 bits per heavy atom. The Labute approximate surface area is 359 Å². The molecule has 0 N–H and O–H groups in total. The van der Waals surface area contributed by atoms with Crippen LogP contribution in [0.5, 0.6) is 0 Å². The van der Waals surface area contributed by atoms with Gasteiger partial charge in [-0.15, -0.1) is 29.1 Å². The quantitative estimate of drug-likeness (QED) is 0.0980. The maximum Gasteiger partial charge on any atom is 2.00 e. The normalized spacial score (nSPS) is 13.7. The van der Waals surface area contributed by atoms with Crippen molar-refractivity contribution in [2.75, 3.05) is 0 Å². The van der Waals surface area contributed by atoms with Crippen LogP contribution in [0, 0.1) is 12.1 Å². The minimum Gasteiger partial charge on any atom is -0.340 e. The van der Waals surface area contributed by atoms with Crippen LogP contribution in [0.15, 0.2) is 192 Å². The second-order valence-electron chi connectivity index (χ2n) is 14.8. The first-order valence-electron chi connectivity index (χ1n) is 19.4. The molecule has 0 spiro atoms. The molecule has 4 nitrogen and oxygen atoms in total. The Morgan fingerprint density at radius 3 is 2.05 bits per heavy atom. The zero-order valence-corrected chi connectivity index (χ0v) is 35.4. The summed E-state index contributed by atoms with van der Waals surface area (Å²) in [7, 11) is -2.81. The average Bonchev–Trinajstić information content (AvgIpc) is 3.93. The molecule has 0 saturated carbocycles. The zero-order chi connectivity index (χ0) is 38.4. The molecule has 282 valence electrons. The summed E-state index contributed by atoms with van der Waals surface area (Å²) < 4.78 is 21.4. The maximum absolute atomic E-state index is 17.2. The van der Waals surface area contributed by atoms with E-state index in [0.717, 1.165) is 54.9 Å². The molecule has 0 radical (unpaired) electrons. The van der Waals surface area contributed by atoms with Gasteiger partial charge in [-0.2, -0.15) is 18.2 Å². The van der Waals surface area contributed by atoms with Crippen LogP contribution in [0.3, 0.4) is 0 Å². The summed E-state index contributed by atoms with van der Waals surface area (Å²) in [5.74, 6) is 0.757. The molecule has 0 amide bonds. The first-order valence-corrected chi connectivity index (χ1v) is 22.2. The molecule has 1 aliphatic heterocycles. The van der Waals surface area contributed by atoms with Gasteiger partial charge in [-0.3, -0.25) is 4.98 Å². The van der Waals surface area contributed by atoms with Crippen molar-refractivity contribution in [3.8, 4) is 5.82 Å². The Kier molecular flexibility index (Phi) is 8.56. The molecule has 59 heavy (non-hydrogen) atoms. The number of rotatable bonds is 5. The molecular formula is C51H31FN4PtSSi. The van der Waals surface area contributed by atoms with Crippen LogP contribution in [-0.2, 0) is 21.1 Å². The van der Waals surface area contributed by atoms with Gasteiger partial charge in [-0.25, -0.2) is 9.37 Å². The van der Waals surface area contributed by atoms with Gasteiger partial charge in [-0.05, 0) is 61.9 Å². The first kappa shape index (κ1) is 36.0. The van der Waals surface area contributed by atoms with E-state index in [-0.39, 0.29) is 21.1 Å². The van der Waals surface area contributed by atoms with Crippen LogP contribution in [0.1, 0.15) is 17.3 Å². The number of benzene rings is 7. The van der Waals surface area contributed by atoms with Crippen LogP contribution in [0.25, 0.3) is 54.9 Å². The minimum absolute atomic E-state index is 0. The Morgan fingerprint density at radius 2 is 1.27 bits per heavy atom. The number of para-hydroxylation sites is 1. The summed E-state index contributed by atoms with van der Waals surface area (Å²) in [6, 6.07) is 64.7. The summed E-state index contributed by atoms with van der Waals surface area (Å²) in [4.78, 5) is 12.0. The fraction of sp³-hybridized carbons (Fsp3) is 0.0196. The molecule has 0 fully saturated rings. The third-order valence-corrected chi connectivity index (χ3v) is 18.3. The Bertz CT molecular complexity index is 3370. The number of halogens is 1. The van der Waals surface area contributed by atoms with E-state index in [9.17, 15) is 0 Å². The van der Waals surface area contributed by atoms with E-state index in [1.54, 1.807) is 6.20 Å². The van der Waals surface area contributed by atoms with E-state index in [1.807, 2.05) is 72.7 Å². The monoisotopic (exact) mass is 973 g/mol. The van der Waals surface area contributed by atoms with Crippen LogP contribution in [-0.4, -0.2) is 27.0 Å². The van der Waals surface area contributed by atoms with Crippen molar-refractivity contribution in [1.82, 2.24) is 18.9 Å².